The Morgan fingerprint density at radius 3 is 2.52 bits per heavy atom. The Morgan fingerprint density at radius 1 is 1.19 bits per heavy atom. The highest BCUT2D eigenvalue weighted by Gasteiger charge is 2.43. The van der Waals surface area contributed by atoms with Crippen LogP contribution in [0.5, 0.6) is 5.75 Å². The molecule has 3 atom stereocenters. The van der Waals surface area contributed by atoms with Gasteiger partial charge in [0.2, 0.25) is 10.0 Å². The summed E-state index contributed by atoms with van der Waals surface area (Å²) in [5.41, 5.74) is 1.92. The van der Waals surface area contributed by atoms with E-state index in [0.717, 1.165) is 50.9 Å². The van der Waals surface area contributed by atoms with Crippen molar-refractivity contribution in [3.63, 3.8) is 0 Å². The number of anilines is 2. The van der Waals surface area contributed by atoms with Crippen LogP contribution in [0.3, 0.4) is 0 Å². The molecule has 0 spiro atoms. The summed E-state index contributed by atoms with van der Waals surface area (Å²) in [5, 5.41) is 12.6. The van der Waals surface area contributed by atoms with Crippen LogP contribution in [0.1, 0.15) is 37.8 Å². The maximum Gasteiger partial charge on any atom is 0.406 e. The second kappa shape index (κ2) is 13.7. The zero-order chi connectivity index (χ0) is 34.3. The third kappa shape index (κ3) is 7.75. The van der Waals surface area contributed by atoms with Gasteiger partial charge in [0.05, 0.1) is 51.2 Å². The lowest BCUT2D eigenvalue weighted by molar-refractivity contribution is -0.188. The number of sulfonamides is 1. The van der Waals surface area contributed by atoms with E-state index in [1.807, 2.05) is 6.07 Å². The highest BCUT2D eigenvalue weighted by atomic mass is 127. The van der Waals surface area contributed by atoms with Crippen LogP contribution in [0.25, 0.3) is 10.9 Å². The standard InChI is InChI=1S/C34H39F3IN5O4S/c1-3-30(42-19-24-17-25(20-42)47-24)22-11-13-33(38,14-12-22)41-28-7-4-8-31-27(28)16-23(43(31)21-34(35,36)37)6-5-15-40-29-10-9-26(48(39,44)45)18-32(29)46-2/h3-4,7-10,16,18,22,24-25,30,40-41H,1,11-15,17,19-21H2,2H3,(H2,39,44,45). The molecule has 4 heterocycles. The zero-order valence-electron chi connectivity index (χ0n) is 26.5. The Kier molecular flexibility index (Phi) is 9.98. The van der Waals surface area contributed by atoms with Gasteiger partial charge in [-0.15, -0.1) is 6.58 Å². The number of ether oxygens (including phenoxy) is 2. The van der Waals surface area contributed by atoms with Gasteiger partial charge in [-0.05, 0) is 67.9 Å². The SMILES string of the molecule is C=CC(C1CCC(I)(Nc2cccc3c2cc(C#CCNc2ccc(S(N)(=O)=O)cc2OC)n3CC(F)(F)F)CC1)N1CC2CC(C1)O2. The van der Waals surface area contributed by atoms with E-state index in [1.54, 1.807) is 18.2 Å². The van der Waals surface area contributed by atoms with Gasteiger partial charge < -0.3 is 24.7 Å². The van der Waals surface area contributed by atoms with Crippen molar-refractivity contribution in [1.29, 1.82) is 0 Å². The van der Waals surface area contributed by atoms with E-state index >= 15 is 0 Å². The lowest BCUT2D eigenvalue weighted by Crippen LogP contribution is -2.60. The topological polar surface area (TPSA) is 111 Å². The number of nitrogens with zero attached hydrogens (tertiary/aromatic N) is 2. The molecule has 1 aliphatic carbocycles. The van der Waals surface area contributed by atoms with Crippen molar-refractivity contribution >= 4 is 54.9 Å². The molecule has 2 bridgehead atoms. The van der Waals surface area contributed by atoms with E-state index in [4.69, 9.17) is 14.6 Å². The first-order valence-corrected chi connectivity index (χ1v) is 18.5. The van der Waals surface area contributed by atoms with Crippen LogP contribution in [0.2, 0.25) is 0 Å². The normalized spacial score (nSPS) is 25.0. The first-order chi connectivity index (χ1) is 22.7. The second-order valence-corrected chi connectivity index (χ2v) is 16.4. The van der Waals surface area contributed by atoms with Gasteiger partial charge in [-0.1, -0.05) is 40.7 Å². The summed E-state index contributed by atoms with van der Waals surface area (Å²) in [5.74, 6) is 6.55. The highest BCUT2D eigenvalue weighted by Crippen LogP contribution is 2.44. The molecule has 48 heavy (non-hydrogen) atoms. The van der Waals surface area contributed by atoms with Crippen LogP contribution in [-0.4, -0.2) is 72.6 Å². The maximum atomic E-state index is 13.8. The predicted molar refractivity (Wildman–Crippen MR) is 189 cm³/mol. The van der Waals surface area contributed by atoms with Crippen molar-refractivity contribution in [3.8, 4) is 17.6 Å². The van der Waals surface area contributed by atoms with Crippen LogP contribution in [0, 0.1) is 17.8 Å². The molecule has 7 rings (SSSR count). The number of nitrogens with one attached hydrogen (secondary N) is 2. The number of morpholine rings is 1. The zero-order valence-corrected chi connectivity index (χ0v) is 29.5. The Balaban J connectivity index is 1.18. The minimum Gasteiger partial charge on any atom is -0.495 e. The smallest absolute Gasteiger partial charge is 0.406 e. The number of aromatic nitrogens is 1. The van der Waals surface area contributed by atoms with E-state index in [0.29, 0.717) is 40.8 Å². The quantitative estimate of drug-likeness (QED) is 0.0750. The Morgan fingerprint density at radius 2 is 1.90 bits per heavy atom. The highest BCUT2D eigenvalue weighted by molar-refractivity contribution is 14.1. The molecular formula is C34H39F3IN5O4S. The number of rotatable bonds is 10. The number of piperidine rings is 1. The number of fused-ring (bicyclic) bond motifs is 3. The molecule has 4 N–H and O–H groups in total. The fourth-order valence-corrected chi connectivity index (χ4v) is 8.63. The molecule has 3 saturated heterocycles. The van der Waals surface area contributed by atoms with Crippen LogP contribution < -0.4 is 20.5 Å². The van der Waals surface area contributed by atoms with Crippen LogP contribution in [-0.2, 0) is 21.3 Å². The molecule has 1 saturated carbocycles. The van der Waals surface area contributed by atoms with Gasteiger partial charge in [0, 0.05) is 42.7 Å². The summed E-state index contributed by atoms with van der Waals surface area (Å²) in [4.78, 5) is 2.42. The summed E-state index contributed by atoms with van der Waals surface area (Å²) in [7, 11) is -2.53. The fourth-order valence-electron chi connectivity index (χ4n) is 7.19. The number of hydrogen-bond donors (Lipinski definition) is 3. The summed E-state index contributed by atoms with van der Waals surface area (Å²) in [6.07, 6.45) is 3.35. The van der Waals surface area contributed by atoms with E-state index in [-0.39, 0.29) is 26.4 Å². The van der Waals surface area contributed by atoms with Gasteiger partial charge in [-0.2, -0.15) is 13.2 Å². The third-order valence-corrected chi connectivity index (χ3v) is 11.7. The van der Waals surface area contributed by atoms with Crippen molar-refractivity contribution in [2.45, 2.75) is 71.5 Å². The van der Waals surface area contributed by atoms with Gasteiger partial charge >= 0.3 is 6.18 Å². The third-order valence-electron chi connectivity index (χ3n) is 9.48. The van der Waals surface area contributed by atoms with E-state index in [1.165, 1.54) is 29.9 Å². The summed E-state index contributed by atoms with van der Waals surface area (Å²) >= 11 is 2.48. The molecule has 0 radical (unpaired) electrons. The fraction of sp³-hybridized carbons (Fsp3) is 0.471. The summed E-state index contributed by atoms with van der Waals surface area (Å²) in [6, 6.07) is 11.5. The van der Waals surface area contributed by atoms with Crippen molar-refractivity contribution in [3.05, 3.63) is 60.8 Å². The predicted octanol–water partition coefficient (Wildman–Crippen LogP) is 6.08. The molecule has 3 unspecified atom stereocenters. The molecule has 2 aromatic carbocycles. The monoisotopic (exact) mass is 797 g/mol. The lowest BCUT2D eigenvalue weighted by Gasteiger charge is -2.51. The number of hydrogen-bond acceptors (Lipinski definition) is 7. The molecule has 9 nitrogen and oxygen atoms in total. The first kappa shape index (κ1) is 34.9. The van der Waals surface area contributed by atoms with Gasteiger partial charge in [0.25, 0.3) is 0 Å². The van der Waals surface area contributed by atoms with Crippen molar-refractivity contribution in [1.82, 2.24) is 9.47 Å². The summed E-state index contributed by atoms with van der Waals surface area (Å²) < 4.78 is 76.8. The average molecular weight is 798 g/mol. The van der Waals surface area contributed by atoms with Crippen molar-refractivity contribution < 1.29 is 31.1 Å². The number of halogens is 4. The van der Waals surface area contributed by atoms with E-state index < -0.39 is 22.7 Å². The largest absolute Gasteiger partial charge is 0.495 e. The Hall–Kier alpha value is -2.97. The number of methoxy groups -OCH3 is 1. The molecule has 3 aliphatic heterocycles. The lowest BCUT2D eigenvalue weighted by atomic mass is 9.79. The number of primary sulfonamides is 1. The first-order valence-electron chi connectivity index (χ1n) is 15.9. The Bertz CT molecular complexity index is 1830. The van der Waals surface area contributed by atoms with E-state index in [9.17, 15) is 21.6 Å². The van der Waals surface area contributed by atoms with Crippen LogP contribution in [0.4, 0.5) is 24.5 Å². The van der Waals surface area contributed by atoms with Gasteiger partial charge in [-0.3, -0.25) is 4.90 Å². The molecule has 14 heteroatoms. The van der Waals surface area contributed by atoms with Crippen molar-refractivity contribution in [2.24, 2.45) is 11.1 Å². The van der Waals surface area contributed by atoms with Gasteiger partial charge in [0.1, 0.15) is 12.3 Å². The number of alkyl halides is 4. The Labute approximate surface area is 292 Å². The maximum absolute atomic E-state index is 13.8. The van der Waals surface area contributed by atoms with Crippen molar-refractivity contribution in [2.75, 3.05) is 37.4 Å². The number of benzene rings is 2. The number of nitrogens with two attached hydrogens (primary N) is 1. The van der Waals surface area contributed by atoms with E-state index in [2.05, 4.69) is 62.6 Å². The molecule has 3 aromatic rings. The minimum atomic E-state index is -4.45. The molecule has 4 aliphatic rings. The molecule has 1 aromatic heterocycles. The summed E-state index contributed by atoms with van der Waals surface area (Å²) in [6.45, 7) is 4.96. The molecule has 4 fully saturated rings. The van der Waals surface area contributed by atoms with Gasteiger partial charge in [0.15, 0.2) is 0 Å². The molecule has 0 amide bonds. The molecular weight excluding hydrogens is 758 g/mol. The second-order valence-electron chi connectivity index (χ2n) is 12.8. The van der Waals surface area contributed by atoms with Crippen LogP contribution >= 0.6 is 22.6 Å². The van der Waals surface area contributed by atoms with Crippen LogP contribution in [0.15, 0.2) is 60.0 Å². The average Bonchev–Trinajstić information content (AvgIpc) is 3.36. The molecule has 258 valence electrons. The van der Waals surface area contributed by atoms with Gasteiger partial charge in [-0.25, -0.2) is 13.6 Å². The minimum absolute atomic E-state index is 0.0687.